The second-order valence-electron chi connectivity index (χ2n) is 9.24. The van der Waals surface area contributed by atoms with Crippen molar-refractivity contribution >= 4 is 27.8 Å². The van der Waals surface area contributed by atoms with Crippen LogP contribution in [0.25, 0.3) is 11.1 Å². The second-order valence-corrected chi connectivity index (χ2v) is 11.5. The first kappa shape index (κ1) is 24.7. The van der Waals surface area contributed by atoms with Crippen LogP contribution in [0, 0.1) is 5.41 Å². The van der Waals surface area contributed by atoms with Crippen LogP contribution in [0.15, 0.2) is 48.5 Å². The summed E-state index contributed by atoms with van der Waals surface area (Å²) in [4.78, 5) is 36.7. The van der Waals surface area contributed by atoms with Crippen LogP contribution in [0.3, 0.4) is 0 Å². The number of ether oxygens (including phenoxy) is 1. The Morgan fingerprint density at radius 1 is 1.06 bits per heavy atom. The summed E-state index contributed by atoms with van der Waals surface area (Å²) in [5, 5.41) is 14.3. The van der Waals surface area contributed by atoms with Gasteiger partial charge in [-0.15, -0.1) is 0 Å². The molecule has 2 aromatic carbocycles. The van der Waals surface area contributed by atoms with Crippen molar-refractivity contribution < 1.29 is 32.6 Å². The van der Waals surface area contributed by atoms with E-state index in [1.54, 1.807) is 0 Å². The third kappa shape index (κ3) is 5.64. The van der Waals surface area contributed by atoms with E-state index in [1.165, 1.54) is 0 Å². The molecule has 0 saturated heterocycles. The molecule has 3 N–H and O–H groups in total. The molecule has 1 fully saturated rings. The van der Waals surface area contributed by atoms with Gasteiger partial charge in [0.25, 0.3) is 0 Å². The van der Waals surface area contributed by atoms with Gasteiger partial charge in [0.2, 0.25) is 5.91 Å². The number of rotatable bonds is 10. The molecule has 4 rings (SSSR count). The molecule has 1 atom stereocenters. The molecule has 1 saturated carbocycles. The van der Waals surface area contributed by atoms with Gasteiger partial charge in [-0.05, 0) is 41.5 Å². The topological polar surface area (TPSA) is 139 Å². The van der Waals surface area contributed by atoms with Crippen molar-refractivity contribution in [2.24, 2.45) is 5.41 Å². The van der Waals surface area contributed by atoms with E-state index in [-0.39, 0.29) is 31.2 Å². The first-order valence-corrected chi connectivity index (χ1v) is 13.5. The zero-order valence-electron chi connectivity index (χ0n) is 19.3. The van der Waals surface area contributed by atoms with Crippen LogP contribution >= 0.6 is 0 Å². The fourth-order valence-corrected chi connectivity index (χ4v) is 5.04. The van der Waals surface area contributed by atoms with E-state index in [9.17, 15) is 27.9 Å². The highest BCUT2D eigenvalue weighted by atomic mass is 32.2. The first-order chi connectivity index (χ1) is 16.6. The van der Waals surface area contributed by atoms with Crippen LogP contribution in [-0.2, 0) is 24.2 Å². The summed E-state index contributed by atoms with van der Waals surface area (Å²) in [6.07, 6.45) is 0.945. The van der Waals surface area contributed by atoms with Crippen LogP contribution in [0.4, 0.5) is 4.79 Å². The maximum absolute atomic E-state index is 12.7. The molecule has 35 heavy (non-hydrogen) atoms. The summed E-state index contributed by atoms with van der Waals surface area (Å²) >= 11 is 0. The van der Waals surface area contributed by atoms with Gasteiger partial charge in [0.15, 0.2) is 0 Å². The third-order valence-corrected chi connectivity index (χ3v) is 7.62. The van der Waals surface area contributed by atoms with Crippen molar-refractivity contribution in [1.82, 2.24) is 10.6 Å². The Bertz CT molecular complexity index is 1210. The van der Waals surface area contributed by atoms with E-state index < -0.39 is 39.3 Å². The van der Waals surface area contributed by atoms with Crippen LogP contribution in [0.5, 0.6) is 0 Å². The number of carboxylic acids is 1. The van der Waals surface area contributed by atoms with Crippen LogP contribution in [0.1, 0.15) is 36.3 Å². The highest BCUT2D eigenvalue weighted by Gasteiger charge is 2.50. The van der Waals surface area contributed by atoms with Gasteiger partial charge in [-0.1, -0.05) is 48.5 Å². The molecule has 2 aliphatic rings. The first-order valence-electron chi connectivity index (χ1n) is 11.4. The molecule has 0 aliphatic heterocycles. The molecule has 0 spiro atoms. The number of amides is 2. The number of sulfone groups is 1. The normalized spacial score (nSPS) is 16.5. The fourth-order valence-electron chi connectivity index (χ4n) is 4.38. The van der Waals surface area contributed by atoms with Gasteiger partial charge in [-0.3, -0.25) is 9.59 Å². The van der Waals surface area contributed by atoms with E-state index >= 15 is 0 Å². The summed E-state index contributed by atoms with van der Waals surface area (Å²) in [5.74, 6) is -2.12. The lowest BCUT2D eigenvalue weighted by molar-refractivity contribution is -0.143. The van der Waals surface area contributed by atoms with Gasteiger partial charge in [0.05, 0.1) is 11.2 Å². The molecular formula is C25H28N2O7S. The standard InChI is InChI=1S/C25H28N2O7S/c1-35(32,33)13-10-21(22(28)26-15-25(11-12-25)23(29)30)27-24(31)34-14-20-18-8-4-2-6-16(18)17-7-3-5-9-19(17)20/h2-9,20-21H,10-15H2,1H3,(H,26,28)(H,27,31)(H,29,30). The minimum Gasteiger partial charge on any atom is -0.481 e. The summed E-state index contributed by atoms with van der Waals surface area (Å²) in [6.45, 7) is -0.0364. The fraction of sp³-hybridized carbons (Fsp3) is 0.400. The largest absolute Gasteiger partial charge is 0.481 e. The maximum Gasteiger partial charge on any atom is 0.407 e. The minimum absolute atomic E-state index is 0.0440. The van der Waals surface area contributed by atoms with Gasteiger partial charge < -0.3 is 20.5 Å². The summed E-state index contributed by atoms with van der Waals surface area (Å²) < 4.78 is 28.8. The SMILES string of the molecule is CS(=O)(=O)CCC(NC(=O)OCC1c2ccccc2-c2ccccc21)C(=O)NCC1(C(=O)O)CC1. The summed E-state index contributed by atoms with van der Waals surface area (Å²) in [6, 6.07) is 14.6. The van der Waals surface area contributed by atoms with E-state index in [0.29, 0.717) is 12.8 Å². The number of carbonyl (C=O) groups is 3. The Hall–Kier alpha value is -3.40. The Morgan fingerprint density at radius 2 is 1.63 bits per heavy atom. The molecule has 0 radical (unpaired) electrons. The van der Waals surface area contributed by atoms with E-state index in [4.69, 9.17) is 4.74 Å². The van der Waals surface area contributed by atoms with Gasteiger partial charge in [-0.25, -0.2) is 13.2 Å². The minimum atomic E-state index is -3.39. The van der Waals surface area contributed by atoms with E-state index in [1.807, 2.05) is 48.5 Å². The van der Waals surface area contributed by atoms with Crippen molar-refractivity contribution in [2.75, 3.05) is 25.2 Å². The zero-order valence-corrected chi connectivity index (χ0v) is 20.1. The van der Waals surface area contributed by atoms with Crippen molar-refractivity contribution in [1.29, 1.82) is 0 Å². The molecule has 0 heterocycles. The van der Waals surface area contributed by atoms with E-state index in [0.717, 1.165) is 28.5 Å². The number of benzene rings is 2. The highest BCUT2D eigenvalue weighted by Crippen LogP contribution is 2.45. The van der Waals surface area contributed by atoms with Gasteiger partial charge in [0.1, 0.15) is 22.5 Å². The lowest BCUT2D eigenvalue weighted by atomic mass is 9.98. The molecule has 2 aromatic rings. The number of carbonyl (C=O) groups excluding carboxylic acids is 2. The van der Waals surface area contributed by atoms with Crippen LogP contribution < -0.4 is 10.6 Å². The second kappa shape index (κ2) is 9.69. The van der Waals surface area contributed by atoms with Gasteiger partial charge in [0, 0.05) is 18.7 Å². The molecule has 1 unspecified atom stereocenters. The average Bonchev–Trinajstić information content (AvgIpc) is 3.55. The number of hydrogen-bond acceptors (Lipinski definition) is 6. The Morgan fingerprint density at radius 3 is 2.14 bits per heavy atom. The van der Waals surface area contributed by atoms with Crippen molar-refractivity contribution in [2.45, 2.75) is 31.2 Å². The van der Waals surface area contributed by atoms with Gasteiger partial charge >= 0.3 is 12.1 Å². The molecule has 10 heteroatoms. The molecular weight excluding hydrogens is 472 g/mol. The van der Waals surface area contributed by atoms with E-state index in [2.05, 4.69) is 10.6 Å². The maximum atomic E-state index is 12.7. The third-order valence-electron chi connectivity index (χ3n) is 6.64. The number of alkyl carbamates (subject to hydrolysis) is 1. The van der Waals surface area contributed by atoms with Crippen LogP contribution in [-0.4, -0.2) is 62.7 Å². The Labute approximate surface area is 203 Å². The predicted octanol–water partition coefficient (Wildman–Crippen LogP) is 2.31. The number of aliphatic carboxylic acids is 1. The molecule has 2 amide bonds. The molecule has 2 aliphatic carbocycles. The quantitative estimate of drug-likeness (QED) is 0.455. The van der Waals surface area contributed by atoms with Crippen molar-refractivity contribution in [3.8, 4) is 11.1 Å². The smallest absolute Gasteiger partial charge is 0.407 e. The lowest BCUT2D eigenvalue weighted by Crippen LogP contribution is -2.49. The van der Waals surface area contributed by atoms with Crippen LogP contribution in [0.2, 0.25) is 0 Å². The lowest BCUT2D eigenvalue weighted by Gasteiger charge is -2.20. The van der Waals surface area contributed by atoms with Gasteiger partial charge in [-0.2, -0.15) is 0 Å². The molecule has 186 valence electrons. The average molecular weight is 501 g/mol. The Kier molecular flexibility index (Phi) is 6.84. The number of fused-ring (bicyclic) bond motifs is 3. The zero-order chi connectivity index (χ0) is 25.2. The summed E-state index contributed by atoms with van der Waals surface area (Å²) in [5.41, 5.74) is 3.25. The van der Waals surface area contributed by atoms with Crippen molar-refractivity contribution in [3.05, 3.63) is 59.7 Å². The molecule has 0 bridgehead atoms. The predicted molar refractivity (Wildman–Crippen MR) is 129 cm³/mol. The summed E-state index contributed by atoms with van der Waals surface area (Å²) in [7, 11) is -3.39. The number of hydrogen-bond donors (Lipinski definition) is 3. The van der Waals surface area contributed by atoms with Crippen molar-refractivity contribution in [3.63, 3.8) is 0 Å². The monoisotopic (exact) mass is 500 g/mol. The Balaban J connectivity index is 1.40. The number of nitrogens with one attached hydrogen (secondary N) is 2. The molecule has 9 nitrogen and oxygen atoms in total. The molecule has 0 aromatic heterocycles. The highest BCUT2D eigenvalue weighted by molar-refractivity contribution is 7.90. The number of carboxylic acid groups (broad SMARTS) is 1.